The van der Waals surface area contributed by atoms with Crippen LogP contribution in [0.2, 0.25) is 0 Å². The molecule has 2 fully saturated rings. The zero-order chi connectivity index (χ0) is 13.5. The minimum atomic E-state index is 0.847. The molecule has 0 heterocycles. The van der Waals surface area contributed by atoms with E-state index in [4.69, 9.17) is 0 Å². The van der Waals surface area contributed by atoms with E-state index >= 15 is 0 Å². The predicted octanol–water partition coefficient (Wildman–Crippen LogP) is 5.15. The van der Waals surface area contributed by atoms with Crippen molar-refractivity contribution in [3.63, 3.8) is 0 Å². The van der Waals surface area contributed by atoms with Crippen molar-refractivity contribution in [3.05, 3.63) is 0 Å². The van der Waals surface area contributed by atoms with Gasteiger partial charge in [0.05, 0.1) is 0 Å². The molecule has 2 aliphatic rings. The Morgan fingerprint density at radius 3 is 2.11 bits per heavy atom. The Kier molecular flexibility index (Phi) is 6.70. The second-order valence-electron chi connectivity index (χ2n) is 7.05. The molecule has 0 radical (unpaired) electrons. The third-order valence-electron chi connectivity index (χ3n) is 5.71. The highest BCUT2D eigenvalue weighted by atomic mass is 14.9. The van der Waals surface area contributed by atoms with Crippen LogP contribution < -0.4 is 5.32 Å². The molecule has 0 saturated heterocycles. The summed E-state index contributed by atoms with van der Waals surface area (Å²) in [5.41, 5.74) is 0. The fourth-order valence-electron chi connectivity index (χ4n) is 4.60. The van der Waals surface area contributed by atoms with Crippen LogP contribution in [0.25, 0.3) is 0 Å². The minimum Gasteiger partial charge on any atom is -0.314 e. The standard InChI is InChI=1S/C18H35N/c1-3-5-8-15-11-13-17(14-12-15)18(19-4-2)16-9-6-7-10-16/h15-19H,3-14H2,1-2H3. The maximum absolute atomic E-state index is 3.85. The van der Waals surface area contributed by atoms with Crippen LogP contribution >= 0.6 is 0 Å². The van der Waals surface area contributed by atoms with Crippen molar-refractivity contribution < 1.29 is 0 Å². The number of nitrogens with one attached hydrogen (secondary N) is 1. The molecule has 0 aromatic carbocycles. The molecule has 1 nitrogen and oxygen atoms in total. The van der Waals surface area contributed by atoms with E-state index in [9.17, 15) is 0 Å². The molecule has 0 amide bonds. The van der Waals surface area contributed by atoms with Gasteiger partial charge in [-0.3, -0.25) is 0 Å². The normalized spacial score (nSPS) is 30.6. The first-order valence-electron chi connectivity index (χ1n) is 9.08. The van der Waals surface area contributed by atoms with Gasteiger partial charge in [0.1, 0.15) is 0 Å². The Hall–Kier alpha value is -0.0400. The van der Waals surface area contributed by atoms with Crippen molar-refractivity contribution >= 4 is 0 Å². The molecule has 1 unspecified atom stereocenters. The molecule has 0 aliphatic heterocycles. The van der Waals surface area contributed by atoms with Crippen LogP contribution in [0.5, 0.6) is 0 Å². The van der Waals surface area contributed by atoms with E-state index in [2.05, 4.69) is 19.2 Å². The summed E-state index contributed by atoms with van der Waals surface area (Å²) in [6.07, 6.45) is 16.3. The monoisotopic (exact) mass is 265 g/mol. The maximum atomic E-state index is 3.85. The van der Waals surface area contributed by atoms with Crippen LogP contribution in [0.3, 0.4) is 0 Å². The van der Waals surface area contributed by atoms with Gasteiger partial charge in [-0.1, -0.05) is 58.8 Å². The molecule has 112 valence electrons. The summed E-state index contributed by atoms with van der Waals surface area (Å²) in [5, 5.41) is 3.85. The summed E-state index contributed by atoms with van der Waals surface area (Å²) in [7, 11) is 0. The molecule has 1 atom stereocenters. The molecule has 2 aliphatic carbocycles. The second-order valence-corrected chi connectivity index (χ2v) is 7.05. The van der Waals surface area contributed by atoms with E-state index in [0.29, 0.717) is 0 Å². The van der Waals surface area contributed by atoms with Gasteiger partial charge in [-0.25, -0.2) is 0 Å². The number of unbranched alkanes of at least 4 members (excludes halogenated alkanes) is 1. The Labute approximate surface area is 120 Å². The van der Waals surface area contributed by atoms with E-state index in [0.717, 1.165) is 30.3 Å². The predicted molar refractivity (Wildman–Crippen MR) is 84.4 cm³/mol. The van der Waals surface area contributed by atoms with Gasteiger partial charge in [0.25, 0.3) is 0 Å². The molecule has 0 spiro atoms. The lowest BCUT2D eigenvalue weighted by Crippen LogP contribution is -2.42. The molecular formula is C18H35N. The number of hydrogen-bond donors (Lipinski definition) is 1. The SMILES string of the molecule is CCCCC1CCC(C(NCC)C2CCCC2)CC1. The molecule has 0 bridgehead atoms. The second kappa shape index (κ2) is 8.29. The highest BCUT2D eigenvalue weighted by Crippen LogP contribution is 2.39. The van der Waals surface area contributed by atoms with E-state index in [1.165, 1.54) is 70.6 Å². The van der Waals surface area contributed by atoms with Gasteiger partial charge in [0.15, 0.2) is 0 Å². The van der Waals surface area contributed by atoms with Crippen molar-refractivity contribution in [1.29, 1.82) is 0 Å². The molecule has 1 N–H and O–H groups in total. The van der Waals surface area contributed by atoms with Gasteiger partial charge >= 0.3 is 0 Å². The average molecular weight is 265 g/mol. The largest absolute Gasteiger partial charge is 0.314 e. The quantitative estimate of drug-likeness (QED) is 0.671. The first kappa shape index (κ1) is 15.4. The third-order valence-corrected chi connectivity index (χ3v) is 5.71. The lowest BCUT2D eigenvalue weighted by atomic mass is 9.73. The van der Waals surface area contributed by atoms with E-state index < -0.39 is 0 Å². The molecule has 19 heavy (non-hydrogen) atoms. The van der Waals surface area contributed by atoms with Crippen molar-refractivity contribution in [2.24, 2.45) is 17.8 Å². The Morgan fingerprint density at radius 1 is 0.895 bits per heavy atom. The Balaban J connectivity index is 1.79. The summed E-state index contributed by atoms with van der Waals surface area (Å²) in [6.45, 7) is 5.78. The summed E-state index contributed by atoms with van der Waals surface area (Å²) < 4.78 is 0. The van der Waals surface area contributed by atoms with Crippen molar-refractivity contribution in [1.82, 2.24) is 5.32 Å². The van der Waals surface area contributed by atoms with Crippen molar-refractivity contribution in [2.75, 3.05) is 6.54 Å². The minimum absolute atomic E-state index is 0.847. The van der Waals surface area contributed by atoms with Gasteiger partial charge < -0.3 is 5.32 Å². The zero-order valence-corrected chi connectivity index (χ0v) is 13.3. The molecule has 0 aromatic heterocycles. The fourth-order valence-corrected chi connectivity index (χ4v) is 4.60. The smallest absolute Gasteiger partial charge is 0.0123 e. The molecular weight excluding hydrogens is 230 g/mol. The van der Waals surface area contributed by atoms with Crippen LogP contribution in [-0.2, 0) is 0 Å². The first-order valence-corrected chi connectivity index (χ1v) is 9.08. The van der Waals surface area contributed by atoms with Crippen LogP contribution in [0, 0.1) is 17.8 Å². The number of hydrogen-bond acceptors (Lipinski definition) is 1. The van der Waals surface area contributed by atoms with Gasteiger partial charge in [-0.2, -0.15) is 0 Å². The lowest BCUT2D eigenvalue weighted by Gasteiger charge is -2.37. The number of rotatable bonds is 7. The van der Waals surface area contributed by atoms with E-state index in [-0.39, 0.29) is 0 Å². The average Bonchev–Trinajstić information content (AvgIpc) is 2.97. The molecule has 1 heteroatoms. The van der Waals surface area contributed by atoms with Crippen molar-refractivity contribution in [2.45, 2.75) is 90.5 Å². The van der Waals surface area contributed by atoms with Gasteiger partial charge in [0, 0.05) is 6.04 Å². The van der Waals surface area contributed by atoms with Gasteiger partial charge in [0.2, 0.25) is 0 Å². The summed E-state index contributed by atoms with van der Waals surface area (Å²) >= 11 is 0. The summed E-state index contributed by atoms with van der Waals surface area (Å²) in [5.74, 6) is 3.04. The highest BCUT2D eigenvalue weighted by Gasteiger charge is 2.33. The van der Waals surface area contributed by atoms with Crippen molar-refractivity contribution in [3.8, 4) is 0 Å². The van der Waals surface area contributed by atoms with E-state index in [1.54, 1.807) is 0 Å². The van der Waals surface area contributed by atoms with Crippen LogP contribution in [0.1, 0.15) is 84.5 Å². The first-order chi connectivity index (χ1) is 9.35. The maximum Gasteiger partial charge on any atom is 0.0123 e. The van der Waals surface area contributed by atoms with Gasteiger partial charge in [-0.15, -0.1) is 0 Å². The molecule has 0 aromatic rings. The summed E-state index contributed by atoms with van der Waals surface area (Å²) in [4.78, 5) is 0. The fraction of sp³-hybridized carbons (Fsp3) is 1.00. The zero-order valence-electron chi connectivity index (χ0n) is 13.3. The third kappa shape index (κ3) is 4.48. The van der Waals surface area contributed by atoms with E-state index in [1.807, 2.05) is 0 Å². The van der Waals surface area contributed by atoms with Crippen LogP contribution in [0.4, 0.5) is 0 Å². The van der Waals surface area contributed by atoms with Gasteiger partial charge in [-0.05, 0) is 50.0 Å². The molecule has 2 rings (SSSR count). The Morgan fingerprint density at radius 2 is 1.53 bits per heavy atom. The lowest BCUT2D eigenvalue weighted by molar-refractivity contribution is 0.174. The highest BCUT2D eigenvalue weighted by molar-refractivity contribution is 4.88. The summed E-state index contributed by atoms with van der Waals surface area (Å²) in [6, 6.07) is 0.847. The molecule has 2 saturated carbocycles. The van der Waals surface area contributed by atoms with Crippen LogP contribution in [0.15, 0.2) is 0 Å². The van der Waals surface area contributed by atoms with Crippen LogP contribution in [-0.4, -0.2) is 12.6 Å². The topological polar surface area (TPSA) is 12.0 Å². The Bertz CT molecular complexity index is 224.